The number of alkyl halides is 3. The van der Waals surface area contributed by atoms with Crippen molar-refractivity contribution in [2.45, 2.75) is 58.8 Å². The van der Waals surface area contributed by atoms with Crippen LogP contribution in [0.4, 0.5) is 13.2 Å². The van der Waals surface area contributed by atoms with Gasteiger partial charge in [-0.2, -0.15) is 13.2 Å². The van der Waals surface area contributed by atoms with E-state index in [1.54, 1.807) is 12.1 Å². The molecule has 1 saturated heterocycles. The Morgan fingerprint density at radius 2 is 1.69 bits per heavy atom. The van der Waals surface area contributed by atoms with Gasteiger partial charge in [0.05, 0.1) is 17.7 Å². The number of carbonyl (C=O) groups is 1. The summed E-state index contributed by atoms with van der Waals surface area (Å²) in [5, 5.41) is 0.301. The van der Waals surface area contributed by atoms with Crippen LogP contribution in [0.25, 0.3) is 45.8 Å². The lowest BCUT2D eigenvalue weighted by atomic mass is 9.91. The van der Waals surface area contributed by atoms with Crippen LogP contribution in [-0.4, -0.2) is 35.9 Å². The molecule has 0 radical (unpaired) electrons. The van der Waals surface area contributed by atoms with Gasteiger partial charge in [0.1, 0.15) is 17.6 Å². The molecular formula is C39H36ClF3N2O3. The molecule has 1 fully saturated rings. The molecule has 0 aliphatic carbocycles. The number of hydrogen-bond donors (Lipinski definition) is 0. The largest absolute Gasteiger partial charge is 0.496 e. The van der Waals surface area contributed by atoms with Gasteiger partial charge in [0.15, 0.2) is 5.58 Å². The number of halogens is 4. The number of aromatic nitrogens is 1. The number of oxazole rings is 1. The monoisotopic (exact) mass is 672 g/mol. The Morgan fingerprint density at radius 1 is 0.979 bits per heavy atom. The molecule has 0 amide bonds. The van der Waals surface area contributed by atoms with E-state index in [1.165, 1.54) is 31.4 Å². The second-order valence-electron chi connectivity index (χ2n) is 12.4. The van der Waals surface area contributed by atoms with Crippen molar-refractivity contribution >= 4 is 41.1 Å². The lowest BCUT2D eigenvalue weighted by Crippen LogP contribution is -2.36. The molecule has 248 valence electrons. The van der Waals surface area contributed by atoms with E-state index in [0.717, 1.165) is 59.2 Å². The van der Waals surface area contributed by atoms with Gasteiger partial charge in [-0.05, 0) is 104 Å². The van der Waals surface area contributed by atoms with E-state index in [1.807, 2.05) is 50.2 Å². The van der Waals surface area contributed by atoms with Crippen LogP contribution in [0.3, 0.4) is 0 Å². The van der Waals surface area contributed by atoms with Gasteiger partial charge in [-0.15, -0.1) is 0 Å². The first-order chi connectivity index (χ1) is 23.0. The van der Waals surface area contributed by atoms with Crippen LogP contribution >= 0.6 is 11.6 Å². The number of piperidine rings is 1. The first-order valence-electron chi connectivity index (χ1n) is 15.9. The molecule has 5 nitrogen and oxygen atoms in total. The third-order valence-corrected chi connectivity index (χ3v) is 9.63. The van der Waals surface area contributed by atoms with E-state index in [2.05, 4.69) is 16.8 Å². The average Bonchev–Trinajstić information content (AvgIpc) is 3.50. The Bertz CT molecular complexity index is 2030. The maximum atomic E-state index is 14.4. The SMILES string of the molecule is COc1cc(/C=C/c2cccc(-c3cccc(-c4nc5cc(C=O)cc(Cl)c5o4)c3C)c2C)c(C(F)(F)F)cc1CN1CCCC[C@H]1C. The third-order valence-electron chi connectivity index (χ3n) is 9.35. The molecule has 1 aliphatic heterocycles. The van der Waals surface area contributed by atoms with Gasteiger partial charge in [-0.1, -0.05) is 60.5 Å². The van der Waals surface area contributed by atoms with Crippen LogP contribution in [0, 0.1) is 13.8 Å². The first-order valence-corrected chi connectivity index (χ1v) is 16.3. The van der Waals surface area contributed by atoms with Gasteiger partial charge in [0.2, 0.25) is 5.89 Å². The molecule has 0 spiro atoms. The summed E-state index contributed by atoms with van der Waals surface area (Å²) in [6, 6.07) is 17.8. The summed E-state index contributed by atoms with van der Waals surface area (Å²) in [7, 11) is 1.50. The maximum Gasteiger partial charge on any atom is 0.417 e. The van der Waals surface area contributed by atoms with E-state index in [9.17, 15) is 18.0 Å². The highest BCUT2D eigenvalue weighted by atomic mass is 35.5. The van der Waals surface area contributed by atoms with E-state index in [0.29, 0.717) is 57.8 Å². The molecule has 1 aliphatic rings. The van der Waals surface area contributed by atoms with Crippen molar-refractivity contribution in [3.63, 3.8) is 0 Å². The van der Waals surface area contributed by atoms with Crippen LogP contribution in [0.15, 0.2) is 65.1 Å². The van der Waals surface area contributed by atoms with Crippen molar-refractivity contribution in [1.29, 1.82) is 0 Å². The highest BCUT2D eigenvalue weighted by Crippen LogP contribution is 2.39. The number of ether oxygens (including phenoxy) is 1. The number of aldehydes is 1. The Labute approximate surface area is 283 Å². The minimum Gasteiger partial charge on any atom is -0.496 e. The molecule has 6 rings (SSSR count). The van der Waals surface area contributed by atoms with Crippen molar-refractivity contribution in [3.8, 4) is 28.3 Å². The highest BCUT2D eigenvalue weighted by molar-refractivity contribution is 6.35. The topological polar surface area (TPSA) is 55.6 Å². The predicted molar refractivity (Wildman–Crippen MR) is 185 cm³/mol. The Hall–Kier alpha value is -4.40. The van der Waals surface area contributed by atoms with E-state index in [-0.39, 0.29) is 5.56 Å². The molecular weight excluding hydrogens is 637 g/mol. The number of benzene rings is 4. The van der Waals surface area contributed by atoms with Crippen LogP contribution in [-0.2, 0) is 12.7 Å². The van der Waals surface area contributed by atoms with E-state index in [4.69, 9.17) is 20.8 Å². The number of fused-ring (bicyclic) bond motifs is 1. The summed E-state index contributed by atoms with van der Waals surface area (Å²) >= 11 is 6.35. The fourth-order valence-electron chi connectivity index (χ4n) is 6.61. The molecule has 48 heavy (non-hydrogen) atoms. The van der Waals surface area contributed by atoms with Gasteiger partial charge in [-0.3, -0.25) is 9.69 Å². The highest BCUT2D eigenvalue weighted by Gasteiger charge is 2.34. The maximum absolute atomic E-state index is 14.4. The van der Waals surface area contributed by atoms with E-state index < -0.39 is 11.7 Å². The summed E-state index contributed by atoms with van der Waals surface area (Å²) in [6.07, 6.45) is 2.62. The lowest BCUT2D eigenvalue weighted by Gasteiger charge is -2.33. The van der Waals surface area contributed by atoms with E-state index >= 15 is 0 Å². The number of nitrogens with zero attached hydrogens (tertiary/aromatic N) is 2. The smallest absolute Gasteiger partial charge is 0.417 e. The minimum atomic E-state index is -4.54. The Kier molecular flexibility index (Phi) is 9.50. The van der Waals surface area contributed by atoms with Crippen molar-refractivity contribution in [2.24, 2.45) is 0 Å². The summed E-state index contributed by atoms with van der Waals surface area (Å²) in [4.78, 5) is 18.2. The van der Waals surface area contributed by atoms with Gasteiger partial charge in [-0.25, -0.2) is 4.98 Å². The molecule has 5 aromatic rings. The zero-order chi connectivity index (χ0) is 34.2. The Balaban J connectivity index is 1.35. The molecule has 0 saturated carbocycles. The molecule has 0 bridgehead atoms. The summed E-state index contributed by atoms with van der Waals surface area (Å²) in [6.45, 7) is 7.31. The second-order valence-corrected chi connectivity index (χ2v) is 12.8. The van der Waals surface area contributed by atoms with Crippen molar-refractivity contribution in [1.82, 2.24) is 9.88 Å². The summed E-state index contributed by atoms with van der Waals surface area (Å²) in [5.41, 5.74) is 6.39. The zero-order valence-electron chi connectivity index (χ0n) is 27.2. The number of likely N-dealkylation sites (tertiary alicyclic amines) is 1. The average molecular weight is 673 g/mol. The standard InChI is InChI=1S/C39H36ClF3N2O3/c1-23-9-5-6-16-45(23)21-29-19-33(39(41,42)43)28(20-36(29)47-4)15-14-27-10-7-11-30(24(27)2)31-12-8-13-32(25(31)3)38-44-35-18-26(22-46)17-34(40)37(35)48-38/h7-8,10-15,17-20,22-23H,5-6,9,16,21H2,1-4H3/b15-14+/t23-/m1/s1. The van der Waals surface area contributed by atoms with Gasteiger partial charge in [0, 0.05) is 29.3 Å². The van der Waals surface area contributed by atoms with Crippen LogP contribution in [0.5, 0.6) is 5.75 Å². The van der Waals surface area contributed by atoms with Crippen LogP contribution < -0.4 is 4.74 Å². The third kappa shape index (κ3) is 6.64. The normalized spacial score (nSPS) is 15.8. The molecule has 2 heterocycles. The first kappa shape index (κ1) is 33.5. The minimum absolute atomic E-state index is 0.0464. The second kappa shape index (κ2) is 13.6. The molecule has 0 N–H and O–H groups in total. The summed E-state index contributed by atoms with van der Waals surface area (Å²) < 4.78 is 55.0. The molecule has 9 heteroatoms. The predicted octanol–water partition coefficient (Wildman–Crippen LogP) is 10.8. The zero-order valence-corrected chi connectivity index (χ0v) is 28.0. The molecule has 1 aromatic heterocycles. The van der Waals surface area contributed by atoms with Crippen molar-refractivity contribution < 1.29 is 27.1 Å². The molecule has 0 unspecified atom stereocenters. The Morgan fingerprint density at radius 3 is 2.40 bits per heavy atom. The van der Waals surface area contributed by atoms with Gasteiger partial charge < -0.3 is 9.15 Å². The fraction of sp³-hybridized carbons (Fsp3) is 0.282. The number of rotatable bonds is 8. The molecule has 1 atom stereocenters. The van der Waals surface area contributed by atoms with Crippen molar-refractivity contribution in [3.05, 3.63) is 105 Å². The van der Waals surface area contributed by atoms with Crippen molar-refractivity contribution in [2.75, 3.05) is 13.7 Å². The number of carbonyl (C=O) groups excluding carboxylic acids is 1. The quantitative estimate of drug-likeness (QED) is 0.121. The van der Waals surface area contributed by atoms with Crippen LogP contribution in [0.1, 0.15) is 69.9 Å². The lowest BCUT2D eigenvalue weighted by molar-refractivity contribution is -0.137. The fourth-order valence-corrected chi connectivity index (χ4v) is 6.87. The van der Waals surface area contributed by atoms with Crippen LogP contribution in [0.2, 0.25) is 5.02 Å². The number of methoxy groups -OCH3 is 1. The summed E-state index contributed by atoms with van der Waals surface area (Å²) in [5.74, 6) is 0.816. The van der Waals surface area contributed by atoms with Gasteiger partial charge in [0.25, 0.3) is 0 Å². The van der Waals surface area contributed by atoms with Gasteiger partial charge >= 0.3 is 6.18 Å². The number of hydrogen-bond acceptors (Lipinski definition) is 5. The molecule has 4 aromatic carbocycles.